The third-order valence-corrected chi connectivity index (χ3v) is 3.29. The summed E-state index contributed by atoms with van der Waals surface area (Å²) in [7, 11) is 1.36. The van der Waals surface area contributed by atoms with E-state index in [4.69, 9.17) is 9.47 Å². The fourth-order valence-corrected chi connectivity index (χ4v) is 2.21. The van der Waals surface area contributed by atoms with Gasteiger partial charge in [0.1, 0.15) is 6.04 Å². The molecule has 1 heterocycles. The number of nitrogens with one attached hydrogen (secondary N) is 2. The predicted octanol–water partition coefficient (Wildman–Crippen LogP) is 0.459. The van der Waals surface area contributed by atoms with E-state index in [0.29, 0.717) is 25.6 Å². The fraction of sp³-hybridized carbons (Fsp3) is 0.857. The molecule has 116 valence electrons. The van der Waals surface area contributed by atoms with Crippen LogP contribution in [0.2, 0.25) is 0 Å². The zero-order valence-electron chi connectivity index (χ0n) is 12.6. The van der Waals surface area contributed by atoms with E-state index in [0.717, 1.165) is 12.8 Å². The predicted molar refractivity (Wildman–Crippen MR) is 75.2 cm³/mol. The van der Waals surface area contributed by atoms with Crippen LogP contribution in [-0.4, -0.2) is 50.8 Å². The Morgan fingerprint density at radius 1 is 1.30 bits per heavy atom. The van der Waals surface area contributed by atoms with Gasteiger partial charge in [-0.05, 0) is 25.2 Å². The van der Waals surface area contributed by atoms with Crippen LogP contribution in [0.15, 0.2) is 0 Å². The van der Waals surface area contributed by atoms with Gasteiger partial charge < -0.3 is 14.8 Å². The van der Waals surface area contributed by atoms with Crippen LogP contribution in [0.3, 0.4) is 0 Å². The Labute approximate surface area is 120 Å². The van der Waals surface area contributed by atoms with E-state index in [1.807, 2.05) is 13.8 Å². The quantitative estimate of drug-likeness (QED) is 0.665. The monoisotopic (exact) mass is 286 g/mol. The summed E-state index contributed by atoms with van der Waals surface area (Å²) in [5.74, 6) is -0.0581. The van der Waals surface area contributed by atoms with Crippen LogP contribution in [0, 0.1) is 5.92 Å². The van der Waals surface area contributed by atoms with Gasteiger partial charge in [-0.2, -0.15) is 0 Å². The number of methoxy groups -OCH3 is 1. The van der Waals surface area contributed by atoms with Gasteiger partial charge in [-0.25, -0.2) is 0 Å². The molecule has 2 N–H and O–H groups in total. The van der Waals surface area contributed by atoms with Crippen LogP contribution in [0.5, 0.6) is 0 Å². The number of rotatable bonds is 7. The normalized spacial score (nSPS) is 17.8. The van der Waals surface area contributed by atoms with Gasteiger partial charge in [-0.1, -0.05) is 13.8 Å². The van der Waals surface area contributed by atoms with Gasteiger partial charge in [0.2, 0.25) is 5.91 Å². The van der Waals surface area contributed by atoms with Crippen LogP contribution in [-0.2, 0) is 19.1 Å². The molecule has 1 amide bonds. The van der Waals surface area contributed by atoms with Crippen molar-refractivity contribution < 1.29 is 19.1 Å². The molecule has 20 heavy (non-hydrogen) atoms. The number of carbonyl (C=O) groups is 2. The number of carbonyl (C=O) groups excluding carboxylic acids is 2. The lowest BCUT2D eigenvalue weighted by molar-refractivity contribution is -0.143. The lowest BCUT2D eigenvalue weighted by Crippen LogP contribution is -2.47. The minimum atomic E-state index is -0.430. The zero-order valence-corrected chi connectivity index (χ0v) is 12.6. The van der Waals surface area contributed by atoms with E-state index >= 15 is 0 Å². The van der Waals surface area contributed by atoms with Crippen molar-refractivity contribution in [2.75, 3.05) is 26.9 Å². The van der Waals surface area contributed by atoms with Gasteiger partial charge in [-0.15, -0.1) is 0 Å². The summed E-state index contributed by atoms with van der Waals surface area (Å²) in [6.07, 6.45) is 2.34. The standard InChI is InChI=1S/C14H26N2O4/c1-10(2)8-12(14(18)19-3)15-9-13(17)16-11-4-6-20-7-5-11/h10-12,15H,4-9H2,1-3H3,(H,16,17). The first-order valence-corrected chi connectivity index (χ1v) is 7.21. The van der Waals surface area contributed by atoms with Crippen LogP contribution >= 0.6 is 0 Å². The Kier molecular flexibility index (Phi) is 7.54. The molecule has 1 rings (SSSR count). The molecule has 6 nitrogen and oxygen atoms in total. The number of hydrogen-bond acceptors (Lipinski definition) is 5. The van der Waals surface area contributed by atoms with Crippen molar-refractivity contribution in [1.29, 1.82) is 0 Å². The van der Waals surface area contributed by atoms with E-state index in [2.05, 4.69) is 10.6 Å². The molecule has 0 aromatic rings. The molecule has 1 saturated heterocycles. The molecule has 0 spiro atoms. The summed E-state index contributed by atoms with van der Waals surface area (Å²) in [5.41, 5.74) is 0. The lowest BCUT2D eigenvalue weighted by Gasteiger charge is -2.24. The third-order valence-electron chi connectivity index (χ3n) is 3.29. The molecule has 1 aliphatic heterocycles. The maximum atomic E-state index is 11.8. The van der Waals surface area contributed by atoms with E-state index in [9.17, 15) is 9.59 Å². The molecule has 0 radical (unpaired) electrons. The second kappa shape index (κ2) is 8.92. The summed E-state index contributed by atoms with van der Waals surface area (Å²) in [6.45, 7) is 5.57. The average Bonchev–Trinajstić information content (AvgIpc) is 2.43. The van der Waals surface area contributed by atoms with Crippen molar-refractivity contribution >= 4 is 11.9 Å². The maximum absolute atomic E-state index is 11.8. The van der Waals surface area contributed by atoms with Crippen molar-refractivity contribution in [3.8, 4) is 0 Å². The van der Waals surface area contributed by atoms with E-state index in [-0.39, 0.29) is 24.5 Å². The molecule has 1 aliphatic rings. The number of esters is 1. The molecule has 0 bridgehead atoms. The van der Waals surface area contributed by atoms with Crippen molar-refractivity contribution in [3.63, 3.8) is 0 Å². The first-order chi connectivity index (χ1) is 9.52. The highest BCUT2D eigenvalue weighted by molar-refractivity contribution is 5.80. The van der Waals surface area contributed by atoms with Crippen molar-refractivity contribution in [2.45, 2.75) is 45.2 Å². The van der Waals surface area contributed by atoms with Crippen LogP contribution in [0.25, 0.3) is 0 Å². The summed E-state index contributed by atoms with van der Waals surface area (Å²) in [5, 5.41) is 5.92. The average molecular weight is 286 g/mol. The van der Waals surface area contributed by atoms with Gasteiger partial charge in [0.15, 0.2) is 0 Å². The summed E-state index contributed by atoms with van der Waals surface area (Å²) < 4.78 is 9.99. The van der Waals surface area contributed by atoms with E-state index < -0.39 is 6.04 Å². The molecule has 6 heteroatoms. The number of ether oxygens (including phenoxy) is 2. The molecule has 1 fully saturated rings. The van der Waals surface area contributed by atoms with Gasteiger partial charge in [0.05, 0.1) is 13.7 Å². The van der Waals surface area contributed by atoms with Gasteiger partial charge >= 0.3 is 5.97 Å². The maximum Gasteiger partial charge on any atom is 0.322 e. The Balaban J connectivity index is 2.33. The highest BCUT2D eigenvalue weighted by Gasteiger charge is 2.22. The largest absolute Gasteiger partial charge is 0.468 e. The first-order valence-electron chi connectivity index (χ1n) is 7.21. The lowest BCUT2D eigenvalue weighted by atomic mass is 10.0. The molecular weight excluding hydrogens is 260 g/mol. The van der Waals surface area contributed by atoms with E-state index in [1.165, 1.54) is 7.11 Å². The minimum absolute atomic E-state index is 0.0884. The topological polar surface area (TPSA) is 76.7 Å². The molecular formula is C14H26N2O4. The van der Waals surface area contributed by atoms with Gasteiger partial charge in [0.25, 0.3) is 0 Å². The van der Waals surface area contributed by atoms with E-state index in [1.54, 1.807) is 0 Å². The highest BCUT2D eigenvalue weighted by atomic mass is 16.5. The summed E-state index contributed by atoms with van der Waals surface area (Å²) in [6, 6.07) is -0.250. The number of hydrogen-bond donors (Lipinski definition) is 2. The Bertz CT molecular complexity index is 314. The second-order valence-corrected chi connectivity index (χ2v) is 5.54. The molecule has 1 unspecified atom stereocenters. The zero-order chi connectivity index (χ0) is 15.0. The number of amides is 1. The third kappa shape index (κ3) is 6.34. The Hall–Kier alpha value is -1.14. The fourth-order valence-electron chi connectivity index (χ4n) is 2.21. The van der Waals surface area contributed by atoms with Crippen molar-refractivity contribution in [1.82, 2.24) is 10.6 Å². The highest BCUT2D eigenvalue weighted by Crippen LogP contribution is 2.07. The van der Waals surface area contributed by atoms with Gasteiger partial charge in [0, 0.05) is 19.3 Å². The van der Waals surface area contributed by atoms with Crippen LogP contribution in [0.4, 0.5) is 0 Å². The minimum Gasteiger partial charge on any atom is -0.468 e. The molecule has 0 saturated carbocycles. The molecule has 1 atom stereocenters. The smallest absolute Gasteiger partial charge is 0.322 e. The molecule has 0 aromatic carbocycles. The molecule has 0 aromatic heterocycles. The molecule has 0 aliphatic carbocycles. The Morgan fingerprint density at radius 2 is 1.95 bits per heavy atom. The summed E-state index contributed by atoms with van der Waals surface area (Å²) in [4.78, 5) is 23.5. The summed E-state index contributed by atoms with van der Waals surface area (Å²) >= 11 is 0. The Morgan fingerprint density at radius 3 is 2.50 bits per heavy atom. The SMILES string of the molecule is COC(=O)C(CC(C)C)NCC(=O)NC1CCOCC1. The van der Waals surface area contributed by atoms with Crippen LogP contribution < -0.4 is 10.6 Å². The van der Waals surface area contributed by atoms with Crippen LogP contribution in [0.1, 0.15) is 33.1 Å². The van der Waals surface area contributed by atoms with Crippen molar-refractivity contribution in [2.24, 2.45) is 5.92 Å². The van der Waals surface area contributed by atoms with Crippen molar-refractivity contribution in [3.05, 3.63) is 0 Å². The second-order valence-electron chi connectivity index (χ2n) is 5.54. The van der Waals surface area contributed by atoms with Gasteiger partial charge in [-0.3, -0.25) is 14.9 Å². The first kappa shape index (κ1) is 16.9.